The number of rotatable bonds is 7. The summed E-state index contributed by atoms with van der Waals surface area (Å²) in [5.41, 5.74) is -0.161. The highest BCUT2D eigenvalue weighted by Crippen LogP contribution is 2.24. The third kappa shape index (κ3) is 4.83. The van der Waals surface area contributed by atoms with Gasteiger partial charge < -0.3 is 20.7 Å². The third-order valence-electron chi connectivity index (χ3n) is 4.91. The fourth-order valence-electron chi connectivity index (χ4n) is 3.38. The van der Waals surface area contributed by atoms with Crippen molar-refractivity contribution < 1.29 is 23.5 Å². The summed E-state index contributed by atoms with van der Waals surface area (Å²) in [5, 5.41) is 16.7. The number of carbonyl (C=O) groups excluding carboxylic acids is 2. The van der Waals surface area contributed by atoms with Crippen molar-refractivity contribution in [1.82, 2.24) is 15.6 Å². The van der Waals surface area contributed by atoms with Crippen LogP contribution in [0.1, 0.15) is 25.0 Å². The quantitative estimate of drug-likeness (QED) is 0.478. The summed E-state index contributed by atoms with van der Waals surface area (Å²) in [6.07, 6.45) is 2.00. The topological polar surface area (TPSA) is 94.2 Å². The van der Waals surface area contributed by atoms with Gasteiger partial charge in [-0.1, -0.05) is 24.3 Å². The van der Waals surface area contributed by atoms with E-state index >= 15 is 0 Å². The molecule has 2 amide bonds. The summed E-state index contributed by atoms with van der Waals surface area (Å²) in [7, 11) is 0. The standard InChI is InChI=1S/C22H23F2N3O3/c1-13(28)27-20(9-14-11-25-19-6-4-3-5-16(14)19)21(29)26-12-22(2,30)17-8-7-15(23)10-18(17)24/h3-8,10-11,20,25,30H,9,12H2,1-2H3,(H,26,29)(H,27,28). The zero-order valence-corrected chi connectivity index (χ0v) is 16.6. The van der Waals surface area contributed by atoms with Crippen molar-refractivity contribution >= 4 is 22.7 Å². The Hall–Kier alpha value is -3.26. The van der Waals surface area contributed by atoms with Gasteiger partial charge in [-0.05, 0) is 24.6 Å². The maximum Gasteiger partial charge on any atom is 0.243 e. The second-order valence-electron chi connectivity index (χ2n) is 7.43. The lowest BCUT2D eigenvalue weighted by Gasteiger charge is -2.26. The highest BCUT2D eigenvalue weighted by Gasteiger charge is 2.29. The lowest BCUT2D eigenvalue weighted by atomic mass is 9.95. The van der Waals surface area contributed by atoms with Gasteiger partial charge in [-0.25, -0.2) is 8.78 Å². The summed E-state index contributed by atoms with van der Waals surface area (Å²) in [6.45, 7) is 2.30. The monoisotopic (exact) mass is 415 g/mol. The van der Waals surface area contributed by atoms with Crippen molar-refractivity contribution in [3.63, 3.8) is 0 Å². The number of fused-ring (bicyclic) bond motifs is 1. The van der Waals surface area contributed by atoms with Crippen LogP contribution in [0.3, 0.4) is 0 Å². The fourth-order valence-corrected chi connectivity index (χ4v) is 3.38. The number of amides is 2. The molecule has 0 fully saturated rings. The summed E-state index contributed by atoms with van der Waals surface area (Å²) >= 11 is 0. The van der Waals surface area contributed by atoms with Gasteiger partial charge in [0, 0.05) is 42.1 Å². The summed E-state index contributed by atoms with van der Waals surface area (Å²) in [6, 6.07) is 9.52. The van der Waals surface area contributed by atoms with Gasteiger partial charge in [0.05, 0.1) is 6.54 Å². The molecule has 0 radical (unpaired) electrons. The molecule has 30 heavy (non-hydrogen) atoms. The minimum absolute atomic E-state index is 0.142. The largest absolute Gasteiger partial charge is 0.383 e. The third-order valence-corrected chi connectivity index (χ3v) is 4.91. The van der Waals surface area contributed by atoms with Crippen LogP contribution >= 0.6 is 0 Å². The Morgan fingerprint density at radius 1 is 1.20 bits per heavy atom. The number of para-hydroxylation sites is 1. The van der Waals surface area contributed by atoms with E-state index in [1.807, 2.05) is 24.3 Å². The zero-order valence-electron chi connectivity index (χ0n) is 16.6. The molecule has 1 heterocycles. The molecule has 2 atom stereocenters. The summed E-state index contributed by atoms with van der Waals surface area (Å²) in [4.78, 5) is 27.5. The highest BCUT2D eigenvalue weighted by molar-refractivity contribution is 5.89. The van der Waals surface area contributed by atoms with Crippen molar-refractivity contribution in [1.29, 1.82) is 0 Å². The smallest absolute Gasteiger partial charge is 0.243 e. The molecule has 0 bridgehead atoms. The van der Waals surface area contributed by atoms with Gasteiger partial charge in [0.2, 0.25) is 11.8 Å². The molecule has 2 unspecified atom stereocenters. The molecule has 1 aromatic heterocycles. The van der Waals surface area contributed by atoms with E-state index in [4.69, 9.17) is 0 Å². The number of nitrogens with one attached hydrogen (secondary N) is 3. The van der Waals surface area contributed by atoms with Gasteiger partial charge in [0.25, 0.3) is 0 Å². The minimum atomic E-state index is -1.77. The molecule has 0 saturated carbocycles. The van der Waals surface area contributed by atoms with Crippen LogP contribution < -0.4 is 10.6 Å². The number of aromatic nitrogens is 1. The van der Waals surface area contributed by atoms with Crippen LogP contribution in [0.15, 0.2) is 48.7 Å². The van der Waals surface area contributed by atoms with E-state index in [2.05, 4.69) is 15.6 Å². The van der Waals surface area contributed by atoms with Crippen LogP contribution in [-0.4, -0.2) is 34.5 Å². The van der Waals surface area contributed by atoms with Crippen LogP contribution in [0.4, 0.5) is 8.78 Å². The summed E-state index contributed by atoms with van der Waals surface area (Å²) in [5.74, 6) is -2.59. The second-order valence-corrected chi connectivity index (χ2v) is 7.43. The second kappa shape index (κ2) is 8.62. The van der Waals surface area contributed by atoms with E-state index in [0.29, 0.717) is 6.07 Å². The van der Waals surface area contributed by atoms with Crippen molar-refractivity contribution in [3.8, 4) is 0 Å². The molecule has 158 valence electrons. The first-order valence-electron chi connectivity index (χ1n) is 9.45. The van der Waals surface area contributed by atoms with Gasteiger partial charge in [-0.3, -0.25) is 9.59 Å². The number of hydrogen-bond donors (Lipinski definition) is 4. The lowest BCUT2D eigenvalue weighted by molar-refractivity contribution is -0.128. The average molecular weight is 415 g/mol. The normalized spacial score (nSPS) is 14.2. The van der Waals surface area contributed by atoms with Crippen molar-refractivity contribution in [2.45, 2.75) is 31.9 Å². The molecule has 6 nitrogen and oxygen atoms in total. The number of aromatic amines is 1. The predicted molar refractivity (Wildman–Crippen MR) is 109 cm³/mol. The Morgan fingerprint density at radius 2 is 1.93 bits per heavy atom. The molecule has 0 aliphatic rings. The van der Waals surface area contributed by atoms with E-state index < -0.39 is 29.2 Å². The van der Waals surface area contributed by atoms with Crippen LogP contribution in [0.25, 0.3) is 10.9 Å². The number of benzene rings is 2. The molecular weight excluding hydrogens is 392 g/mol. The molecule has 0 saturated heterocycles. The molecule has 4 N–H and O–H groups in total. The van der Waals surface area contributed by atoms with Crippen molar-refractivity contribution in [2.24, 2.45) is 0 Å². The van der Waals surface area contributed by atoms with E-state index in [9.17, 15) is 23.5 Å². The number of hydrogen-bond acceptors (Lipinski definition) is 3. The van der Waals surface area contributed by atoms with Crippen molar-refractivity contribution in [2.75, 3.05) is 6.54 Å². The number of H-pyrrole nitrogens is 1. The predicted octanol–water partition coefficient (Wildman–Crippen LogP) is 2.52. The van der Waals surface area contributed by atoms with Crippen LogP contribution in [0.5, 0.6) is 0 Å². The molecule has 3 aromatic rings. The first kappa shape index (κ1) is 21.4. The average Bonchev–Trinajstić information content (AvgIpc) is 3.08. The van der Waals surface area contributed by atoms with Crippen molar-refractivity contribution in [3.05, 3.63) is 71.4 Å². The fraction of sp³-hybridized carbons (Fsp3) is 0.273. The van der Waals surface area contributed by atoms with E-state index in [1.165, 1.54) is 13.8 Å². The Labute approximate surface area is 172 Å². The maximum atomic E-state index is 14.0. The van der Waals surface area contributed by atoms with Gasteiger partial charge in [-0.15, -0.1) is 0 Å². The number of halogens is 2. The van der Waals surface area contributed by atoms with Gasteiger partial charge in [0.1, 0.15) is 23.3 Å². The highest BCUT2D eigenvalue weighted by atomic mass is 19.1. The molecule has 0 aliphatic carbocycles. The lowest BCUT2D eigenvalue weighted by Crippen LogP contribution is -2.50. The first-order chi connectivity index (χ1) is 14.2. The van der Waals surface area contributed by atoms with E-state index in [1.54, 1.807) is 6.20 Å². The number of carbonyl (C=O) groups is 2. The van der Waals surface area contributed by atoms with Crippen LogP contribution in [0.2, 0.25) is 0 Å². The molecule has 0 spiro atoms. The Balaban J connectivity index is 1.74. The molecule has 0 aliphatic heterocycles. The maximum absolute atomic E-state index is 14.0. The Bertz CT molecular complexity index is 1080. The summed E-state index contributed by atoms with van der Waals surface area (Å²) < 4.78 is 27.2. The molecular formula is C22H23F2N3O3. The van der Waals surface area contributed by atoms with E-state index in [-0.39, 0.29) is 24.4 Å². The SMILES string of the molecule is CC(=O)NC(Cc1c[nH]c2ccccc12)C(=O)NCC(C)(O)c1ccc(F)cc1F. The van der Waals surface area contributed by atoms with E-state index in [0.717, 1.165) is 28.6 Å². The molecule has 3 rings (SSSR count). The van der Waals surface area contributed by atoms with Gasteiger partial charge in [-0.2, -0.15) is 0 Å². The molecule has 8 heteroatoms. The minimum Gasteiger partial charge on any atom is -0.383 e. The first-order valence-corrected chi connectivity index (χ1v) is 9.45. The van der Waals surface area contributed by atoms with Gasteiger partial charge in [0.15, 0.2) is 0 Å². The number of aliphatic hydroxyl groups is 1. The Morgan fingerprint density at radius 3 is 2.63 bits per heavy atom. The molecule has 2 aromatic carbocycles. The van der Waals surface area contributed by atoms with Gasteiger partial charge >= 0.3 is 0 Å². The van der Waals surface area contributed by atoms with Crippen LogP contribution in [0, 0.1) is 11.6 Å². The zero-order chi connectivity index (χ0) is 21.9. The van der Waals surface area contributed by atoms with Crippen LogP contribution in [-0.2, 0) is 21.6 Å². The Kier molecular flexibility index (Phi) is 6.17.